The van der Waals surface area contributed by atoms with Gasteiger partial charge in [0.2, 0.25) is 5.78 Å². The summed E-state index contributed by atoms with van der Waals surface area (Å²) in [7, 11) is -1.91. The van der Waals surface area contributed by atoms with E-state index >= 15 is 0 Å². The number of hydrogen-bond donors (Lipinski definition) is 0. The van der Waals surface area contributed by atoms with Crippen LogP contribution in [0.3, 0.4) is 0 Å². The van der Waals surface area contributed by atoms with E-state index in [0.717, 1.165) is 24.6 Å². The molecule has 33 heavy (non-hydrogen) atoms. The molecule has 0 aliphatic carbocycles. The minimum Gasteiger partial charge on any atom is -0.466 e. The van der Waals surface area contributed by atoms with E-state index in [1.807, 2.05) is 18.2 Å². The van der Waals surface area contributed by atoms with Crippen molar-refractivity contribution in [2.45, 2.75) is 117 Å². The second-order valence-electron chi connectivity index (χ2n) is 8.39. The number of rotatable bonds is 20. The molecule has 0 spiro atoms. The molecular formula is C26H46N2O4Si. The summed E-state index contributed by atoms with van der Waals surface area (Å²) in [5, 5.41) is 0. The van der Waals surface area contributed by atoms with Crippen molar-refractivity contribution < 1.29 is 23.5 Å². The van der Waals surface area contributed by atoms with Crippen LogP contribution in [0.25, 0.3) is 5.53 Å². The molecule has 0 heterocycles. The second-order valence-corrected chi connectivity index (χ2v) is 13.1. The first-order chi connectivity index (χ1) is 15.9. The number of hydrogen-bond acceptors (Lipinski definition) is 4. The van der Waals surface area contributed by atoms with E-state index in [0.29, 0.717) is 32.3 Å². The third-order valence-corrected chi connectivity index (χ3v) is 10.7. The van der Waals surface area contributed by atoms with E-state index in [4.69, 9.17) is 9.16 Å². The molecule has 1 atom stereocenters. The topological polar surface area (TPSA) is 89.0 Å². The first-order valence-electron chi connectivity index (χ1n) is 12.8. The maximum absolute atomic E-state index is 12.9. The summed E-state index contributed by atoms with van der Waals surface area (Å²) >= 11 is 0. The maximum Gasteiger partial charge on any atom is 0.334 e. The molecule has 0 rings (SSSR count). The van der Waals surface area contributed by atoms with Gasteiger partial charge in [0.25, 0.3) is 0 Å². The van der Waals surface area contributed by atoms with E-state index in [9.17, 15) is 15.1 Å². The Morgan fingerprint density at radius 2 is 1.61 bits per heavy atom. The van der Waals surface area contributed by atoms with Crippen LogP contribution < -0.4 is 0 Å². The van der Waals surface area contributed by atoms with Gasteiger partial charge in [-0.1, -0.05) is 64.8 Å². The van der Waals surface area contributed by atoms with Gasteiger partial charge in [0.05, 0.1) is 19.1 Å². The Bertz CT molecular complexity index is 657. The van der Waals surface area contributed by atoms with Gasteiger partial charge in [0.1, 0.15) is 0 Å². The first kappa shape index (κ1) is 31.2. The van der Waals surface area contributed by atoms with Crippen molar-refractivity contribution in [2.24, 2.45) is 0 Å². The smallest absolute Gasteiger partial charge is 0.334 e. The lowest BCUT2D eigenvalue weighted by Gasteiger charge is -2.31. The first-order valence-corrected chi connectivity index (χ1v) is 15.4. The van der Waals surface area contributed by atoms with Crippen molar-refractivity contribution in [1.82, 2.24) is 0 Å². The van der Waals surface area contributed by atoms with Crippen LogP contribution in [0.4, 0.5) is 0 Å². The quantitative estimate of drug-likeness (QED) is 0.0365. The molecule has 6 nitrogen and oxygen atoms in total. The molecule has 0 aliphatic rings. The Kier molecular flexibility index (Phi) is 18.5. The fraction of sp³-hybridized carbons (Fsp3) is 0.731. The molecule has 0 bridgehead atoms. The highest BCUT2D eigenvalue weighted by atomic mass is 28.4. The molecule has 0 N–H and O–H groups in total. The SMILES string of the molecule is CCCCC/C=C/C=C/C(CC(=O)C(CCCCC(=O)OCC)=[N+]=[N-])O[Si](CC)(CC)CC. The molecule has 0 aromatic rings. The average Bonchev–Trinajstić information content (AvgIpc) is 2.82. The van der Waals surface area contributed by atoms with E-state index in [-0.39, 0.29) is 30.0 Å². The summed E-state index contributed by atoms with van der Waals surface area (Å²) in [6.45, 7) is 10.8. The number of carbonyl (C=O) groups is 2. The molecular weight excluding hydrogens is 432 g/mol. The minimum absolute atomic E-state index is 0.146. The lowest BCUT2D eigenvalue weighted by molar-refractivity contribution is -0.143. The van der Waals surface area contributed by atoms with Crippen molar-refractivity contribution in [3.05, 3.63) is 29.8 Å². The van der Waals surface area contributed by atoms with E-state index in [1.165, 1.54) is 19.3 Å². The lowest BCUT2D eigenvalue weighted by atomic mass is 10.0. The highest BCUT2D eigenvalue weighted by molar-refractivity contribution is 6.73. The van der Waals surface area contributed by atoms with Gasteiger partial charge < -0.3 is 14.7 Å². The summed E-state index contributed by atoms with van der Waals surface area (Å²) in [4.78, 5) is 27.6. The van der Waals surface area contributed by atoms with Crippen LogP contribution in [0.5, 0.6) is 0 Å². The largest absolute Gasteiger partial charge is 0.466 e. The third-order valence-electron chi connectivity index (χ3n) is 6.06. The molecule has 0 fully saturated rings. The van der Waals surface area contributed by atoms with Crippen molar-refractivity contribution in [3.8, 4) is 0 Å². The fourth-order valence-corrected chi connectivity index (χ4v) is 6.49. The fourth-order valence-electron chi connectivity index (χ4n) is 3.69. The number of carbonyl (C=O) groups excluding carboxylic acids is 2. The normalized spacial score (nSPS) is 12.8. The maximum atomic E-state index is 12.9. The van der Waals surface area contributed by atoms with Gasteiger partial charge in [-0.25, -0.2) is 0 Å². The number of nitrogens with zero attached hydrogens (tertiary/aromatic N) is 2. The number of ketones is 1. The van der Waals surface area contributed by atoms with Crippen molar-refractivity contribution in [2.75, 3.05) is 6.61 Å². The van der Waals surface area contributed by atoms with Gasteiger partial charge in [-0.2, -0.15) is 4.79 Å². The van der Waals surface area contributed by atoms with Crippen LogP contribution in [-0.4, -0.2) is 43.3 Å². The molecule has 188 valence electrons. The molecule has 0 aromatic heterocycles. The van der Waals surface area contributed by atoms with Gasteiger partial charge in [0, 0.05) is 12.8 Å². The molecule has 0 aliphatic heterocycles. The van der Waals surface area contributed by atoms with E-state index in [1.54, 1.807) is 6.92 Å². The van der Waals surface area contributed by atoms with Gasteiger partial charge >= 0.3 is 11.7 Å². The standard InChI is InChI=1S/C26H46N2O4Si/c1-6-11-12-13-14-15-16-19-23(32-33(8-3,9-4)10-5)22-25(29)24(28-27)20-17-18-21-26(30)31-7-2/h14-16,19,23H,6-13,17-18,20-22H2,1-5H3/b15-14+,19-16+. The van der Waals surface area contributed by atoms with Crippen molar-refractivity contribution >= 4 is 25.8 Å². The monoisotopic (exact) mass is 478 g/mol. The zero-order chi connectivity index (χ0) is 25.0. The summed E-state index contributed by atoms with van der Waals surface area (Å²) < 4.78 is 11.5. The number of Topliss-reactive ketones (excluding diaryl/α,β-unsaturated/α-hetero) is 1. The van der Waals surface area contributed by atoms with Gasteiger partial charge in [-0.15, -0.1) is 0 Å². The third kappa shape index (κ3) is 14.1. The van der Waals surface area contributed by atoms with Gasteiger partial charge in [-0.3, -0.25) is 9.59 Å². The predicted octanol–water partition coefficient (Wildman–Crippen LogP) is 6.82. The Balaban J connectivity index is 5.09. The van der Waals surface area contributed by atoms with Crippen LogP contribution in [0, 0.1) is 0 Å². The Morgan fingerprint density at radius 3 is 2.18 bits per heavy atom. The summed E-state index contributed by atoms with van der Waals surface area (Å²) in [5.74, 6) is -0.450. The average molecular weight is 479 g/mol. The van der Waals surface area contributed by atoms with Crippen LogP contribution >= 0.6 is 0 Å². The van der Waals surface area contributed by atoms with Crippen LogP contribution in [-0.2, 0) is 18.8 Å². The molecule has 7 heteroatoms. The second kappa shape index (κ2) is 19.6. The lowest BCUT2D eigenvalue weighted by Crippen LogP contribution is -2.40. The predicted molar refractivity (Wildman–Crippen MR) is 138 cm³/mol. The van der Waals surface area contributed by atoms with Crippen LogP contribution in [0.1, 0.15) is 92.4 Å². The van der Waals surface area contributed by atoms with Gasteiger partial charge in [-0.05, 0) is 50.7 Å². The highest BCUT2D eigenvalue weighted by Crippen LogP contribution is 2.25. The van der Waals surface area contributed by atoms with Crippen LogP contribution in [0.2, 0.25) is 18.1 Å². The van der Waals surface area contributed by atoms with Crippen molar-refractivity contribution in [3.63, 3.8) is 0 Å². The molecule has 0 aromatic carbocycles. The molecule has 0 radical (unpaired) electrons. The number of esters is 1. The number of allylic oxidation sites excluding steroid dienone is 3. The Hall–Kier alpha value is -1.82. The Labute approximate surface area is 202 Å². The van der Waals surface area contributed by atoms with E-state index < -0.39 is 8.32 Å². The van der Waals surface area contributed by atoms with Gasteiger partial charge in [0.15, 0.2) is 8.32 Å². The van der Waals surface area contributed by atoms with Crippen LogP contribution in [0.15, 0.2) is 24.3 Å². The molecule has 0 amide bonds. The minimum atomic E-state index is -1.91. The van der Waals surface area contributed by atoms with E-state index in [2.05, 4.69) is 38.6 Å². The zero-order valence-electron chi connectivity index (χ0n) is 21.6. The number of unbranched alkanes of at least 4 members (excludes halogenated alkanes) is 4. The molecule has 0 saturated carbocycles. The number of ether oxygens (including phenoxy) is 1. The zero-order valence-corrected chi connectivity index (χ0v) is 22.6. The summed E-state index contributed by atoms with van der Waals surface area (Å²) in [6, 6.07) is 3.00. The summed E-state index contributed by atoms with van der Waals surface area (Å²) in [5.41, 5.74) is 9.55. The molecule has 1 unspecified atom stereocenters. The Morgan fingerprint density at radius 1 is 0.939 bits per heavy atom. The van der Waals surface area contributed by atoms with Crippen molar-refractivity contribution in [1.29, 1.82) is 0 Å². The molecule has 0 saturated heterocycles. The summed E-state index contributed by atoms with van der Waals surface area (Å²) in [6.07, 6.45) is 14.4. The highest BCUT2D eigenvalue weighted by Gasteiger charge is 2.33.